The molecule has 0 saturated carbocycles. The Kier molecular flexibility index (Phi) is 9.29. The fraction of sp³-hybridized carbons (Fsp3) is 0. The van der Waals surface area contributed by atoms with Gasteiger partial charge in [0.2, 0.25) is 0 Å². The number of benzene rings is 11. The molecule has 5 heterocycles. The Morgan fingerprint density at radius 3 is 1.05 bits per heavy atom. The third-order valence-corrected chi connectivity index (χ3v) is 20.8. The van der Waals surface area contributed by atoms with E-state index in [-0.39, 0.29) is 0 Å². The molecule has 5 aromatic heterocycles. The van der Waals surface area contributed by atoms with Crippen LogP contribution in [-0.4, -0.2) is 26.3 Å². The number of aromatic nitrogens is 4. The fourth-order valence-corrected chi connectivity index (χ4v) is 17.8. The molecule has 11 aromatic carbocycles. The van der Waals surface area contributed by atoms with Crippen molar-refractivity contribution in [2.45, 2.75) is 0 Å². The minimum absolute atomic E-state index is 0.881. The van der Waals surface area contributed by atoms with E-state index in [0.29, 0.717) is 0 Å². The van der Waals surface area contributed by atoms with Crippen molar-refractivity contribution < 1.29 is 4.42 Å². The highest BCUT2D eigenvalue weighted by Gasteiger charge is 2.42. The lowest BCUT2D eigenvalue weighted by molar-refractivity contribution is 0.669. The summed E-state index contributed by atoms with van der Waals surface area (Å²) in [5.41, 5.74) is 13.2. The van der Waals surface area contributed by atoms with Crippen LogP contribution in [0.4, 0.5) is 0 Å². The van der Waals surface area contributed by atoms with Crippen molar-refractivity contribution in [2.75, 3.05) is 0 Å². The van der Waals surface area contributed by atoms with E-state index in [4.69, 9.17) is 4.42 Å². The largest absolute Gasteiger partial charge is 0.456 e. The number of fused-ring (bicyclic) bond motifs is 13. The normalized spacial score (nSPS) is 12.2. The van der Waals surface area contributed by atoms with Gasteiger partial charge in [-0.2, -0.15) is 0 Å². The minimum atomic E-state index is -3.18. The first-order valence-electron chi connectivity index (χ1n) is 26.1. The molecule has 356 valence electrons. The minimum Gasteiger partial charge on any atom is -0.456 e. The van der Waals surface area contributed by atoms with E-state index in [0.717, 1.165) is 67.0 Å². The number of para-hydroxylation sites is 6. The van der Waals surface area contributed by atoms with Crippen LogP contribution in [-0.2, 0) is 0 Å². The van der Waals surface area contributed by atoms with E-state index < -0.39 is 8.07 Å². The molecule has 0 bridgehead atoms. The van der Waals surface area contributed by atoms with E-state index in [1.165, 1.54) is 64.1 Å². The summed E-state index contributed by atoms with van der Waals surface area (Å²) in [5.74, 6) is 0. The number of hydrogen-bond donors (Lipinski definition) is 0. The van der Waals surface area contributed by atoms with Gasteiger partial charge in [-0.1, -0.05) is 194 Å². The van der Waals surface area contributed by atoms with Crippen molar-refractivity contribution in [2.24, 2.45) is 0 Å². The summed E-state index contributed by atoms with van der Waals surface area (Å²) in [4.78, 5) is 0. The summed E-state index contributed by atoms with van der Waals surface area (Å²) in [6.07, 6.45) is 0. The summed E-state index contributed by atoms with van der Waals surface area (Å²) >= 11 is 0. The van der Waals surface area contributed by atoms with Gasteiger partial charge in [-0.05, 0) is 106 Å². The molecule has 0 aliphatic heterocycles. The Balaban J connectivity index is 0.985. The zero-order valence-electron chi connectivity index (χ0n) is 41.3. The second-order valence-corrected chi connectivity index (χ2v) is 23.8. The van der Waals surface area contributed by atoms with E-state index in [9.17, 15) is 0 Å². The Bertz CT molecular complexity index is 4900. The molecule has 6 heteroatoms. The van der Waals surface area contributed by atoms with E-state index in [2.05, 4.69) is 291 Å². The lowest BCUT2D eigenvalue weighted by Crippen LogP contribution is -2.74. The summed E-state index contributed by atoms with van der Waals surface area (Å²) in [5, 5.41) is 14.8. The topological polar surface area (TPSA) is 32.9 Å². The quantitative estimate of drug-likeness (QED) is 0.110. The van der Waals surface area contributed by atoms with Crippen molar-refractivity contribution in [1.29, 1.82) is 0 Å². The first-order valence-corrected chi connectivity index (χ1v) is 28.1. The van der Waals surface area contributed by atoms with Gasteiger partial charge in [-0.3, -0.25) is 18.3 Å². The number of nitrogens with zero attached hydrogens (tertiary/aromatic N) is 4. The van der Waals surface area contributed by atoms with Gasteiger partial charge in [0.05, 0.1) is 22.1 Å². The SMILES string of the molecule is c1ccc(-n2c3ccccc3c3c4ccccc4n(-c4cccc([Si](c5ccccc5)(c5ccccc5)c5cccc(-n6c7ccccc7c7c8ccccc8n(-c8ccc9oc%10ccccc%10c9c8)c76)c5)c4)c32)cc1. The average molecular weight is 987 g/mol. The third-order valence-electron chi connectivity index (χ3n) is 16.1. The van der Waals surface area contributed by atoms with Crippen LogP contribution in [0.1, 0.15) is 0 Å². The highest BCUT2D eigenvalue weighted by atomic mass is 28.3. The maximum atomic E-state index is 6.38. The second kappa shape index (κ2) is 16.6. The lowest BCUT2D eigenvalue weighted by atomic mass is 10.1. The molecule has 0 amide bonds. The third kappa shape index (κ3) is 6.01. The Hall–Kier alpha value is -9.88. The van der Waals surface area contributed by atoms with Crippen LogP contribution in [0.2, 0.25) is 0 Å². The summed E-state index contributed by atoms with van der Waals surface area (Å²) < 4.78 is 16.3. The van der Waals surface area contributed by atoms with Crippen LogP contribution < -0.4 is 20.7 Å². The number of furan rings is 1. The first-order chi connectivity index (χ1) is 37.7. The van der Waals surface area contributed by atoms with Gasteiger partial charge in [0.25, 0.3) is 0 Å². The Labute approximate surface area is 438 Å². The van der Waals surface area contributed by atoms with Crippen molar-refractivity contribution >= 4 is 116 Å². The van der Waals surface area contributed by atoms with E-state index >= 15 is 0 Å². The van der Waals surface area contributed by atoms with Gasteiger partial charge in [0.1, 0.15) is 22.5 Å². The van der Waals surface area contributed by atoms with Crippen LogP contribution in [0.15, 0.2) is 283 Å². The maximum absolute atomic E-state index is 6.38. The predicted molar refractivity (Wildman–Crippen MR) is 320 cm³/mol. The van der Waals surface area contributed by atoms with Gasteiger partial charge < -0.3 is 4.42 Å². The molecule has 5 nitrogen and oxygen atoms in total. The highest BCUT2D eigenvalue weighted by molar-refractivity contribution is 7.20. The van der Waals surface area contributed by atoms with Crippen molar-refractivity contribution in [3.63, 3.8) is 0 Å². The first kappa shape index (κ1) is 42.6. The average Bonchev–Trinajstić information content (AvgIpc) is 4.44. The van der Waals surface area contributed by atoms with Gasteiger partial charge >= 0.3 is 0 Å². The van der Waals surface area contributed by atoms with Crippen molar-refractivity contribution in [1.82, 2.24) is 18.3 Å². The van der Waals surface area contributed by atoms with Crippen LogP contribution >= 0.6 is 0 Å². The highest BCUT2D eigenvalue weighted by Crippen LogP contribution is 2.43. The molecule has 0 radical (unpaired) electrons. The standard InChI is InChI=1S/C70H46N4OSi/c1-4-22-47(23-5-1)71-61-37-15-10-33-56(61)67-57-34-11-16-38-62(57)72(69(67)71)48-24-20-30-53(44-48)76(51-26-6-2-7-27-51,52-28-8-3-9-29-52)54-31-21-25-49(45-54)73-63-39-17-12-35-58(63)68-59-36-13-18-40-64(59)74(70(68)73)50-42-43-66-60(46-50)55-32-14-19-41-65(55)75-66/h1-46H. The Morgan fingerprint density at radius 2 is 0.579 bits per heavy atom. The van der Waals surface area contributed by atoms with Gasteiger partial charge in [-0.25, -0.2) is 0 Å². The molecule has 0 N–H and O–H groups in total. The summed E-state index contributed by atoms with van der Waals surface area (Å²) in [6.45, 7) is 0. The van der Waals surface area contributed by atoms with Crippen molar-refractivity contribution in [3.8, 4) is 22.7 Å². The zero-order valence-corrected chi connectivity index (χ0v) is 42.3. The van der Waals surface area contributed by atoms with E-state index in [1.807, 2.05) is 6.07 Å². The molecular weight excluding hydrogens is 941 g/mol. The lowest BCUT2D eigenvalue weighted by Gasteiger charge is -2.35. The molecule has 16 aromatic rings. The molecule has 0 aliphatic carbocycles. The predicted octanol–water partition coefficient (Wildman–Crippen LogP) is 15.0. The van der Waals surface area contributed by atoms with E-state index in [1.54, 1.807) is 0 Å². The molecule has 0 saturated heterocycles. The summed E-state index contributed by atoms with van der Waals surface area (Å²) in [6, 6.07) is 103. The fourth-order valence-electron chi connectivity index (χ4n) is 13.0. The molecular formula is C70H46N4OSi. The molecule has 0 aliphatic rings. The molecule has 0 atom stereocenters. The second-order valence-electron chi connectivity index (χ2n) is 20.0. The van der Waals surface area contributed by atoms with Gasteiger partial charge in [0, 0.05) is 65.8 Å². The number of hydrogen-bond acceptors (Lipinski definition) is 1. The smallest absolute Gasteiger partial charge is 0.179 e. The van der Waals surface area contributed by atoms with Crippen LogP contribution in [0.25, 0.3) is 110 Å². The molecule has 0 spiro atoms. The number of rotatable bonds is 8. The van der Waals surface area contributed by atoms with Gasteiger partial charge in [-0.15, -0.1) is 0 Å². The molecule has 0 unspecified atom stereocenters. The molecule has 0 fully saturated rings. The summed E-state index contributed by atoms with van der Waals surface area (Å²) in [7, 11) is -3.18. The molecule has 16 rings (SSSR count). The van der Waals surface area contributed by atoms with Crippen LogP contribution in [0.5, 0.6) is 0 Å². The van der Waals surface area contributed by atoms with Gasteiger partial charge in [0.15, 0.2) is 8.07 Å². The zero-order chi connectivity index (χ0) is 49.9. The monoisotopic (exact) mass is 986 g/mol. The van der Waals surface area contributed by atoms with Crippen LogP contribution in [0.3, 0.4) is 0 Å². The molecule has 76 heavy (non-hydrogen) atoms. The van der Waals surface area contributed by atoms with Crippen molar-refractivity contribution in [3.05, 3.63) is 279 Å². The van der Waals surface area contributed by atoms with Crippen LogP contribution in [0, 0.1) is 0 Å². The maximum Gasteiger partial charge on any atom is 0.179 e. The Morgan fingerprint density at radius 1 is 0.237 bits per heavy atom.